The minimum absolute atomic E-state index is 0.0616. The average Bonchev–Trinajstić information content (AvgIpc) is 2.99. The Morgan fingerprint density at radius 3 is 2.56 bits per heavy atom. The molecule has 1 saturated carbocycles. The molecule has 1 aromatic carbocycles. The van der Waals surface area contributed by atoms with E-state index in [1.807, 2.05) is 24.3 Å². The van der Waals surface area contributed by atoms with Crippen molar-refractivity contribution in [3.05, 3.63) is 29.8 Å². The second kappa shape index (κ2) is 5.37. The van der Waals surface area contributed by atoms with E-state index in [0.29, 0.717) is 13.0 Å². The number of carbonyl (C=O) groups is 1. The van der Waals surface area contributed by atoms with E-state index in [9.17, 15) is 4.79 Å². The molecule has 1 amide bonds. The molecule has 1 atom stereocenters. The minimum atomic E-state index is -0.843. The average molecular weight is 288 g/mol. The number of hydrogen-bond donors (Lipinski definition) is 1. The van der Waals surface area contributed by atoms with Crippen LogP contribution in [0.25, 0.3) is 0 Å². The Labute approximate surface area is 116 Å². The normalized spacial score (nSPS) is 20.3. The molecule has 5 heteroatoms. The van der Waals surface area contributed by atoms with Gasteiger partial charge in [0.05, 0.1) is 13.0 Å². The van der Waals surface area contributed by atoms with Crippen molar-refractivity contribution in [3.63, 3.8) is 0 Å². The summed E-state index contributed by atoms with van der Waals surface area (Å²) in [6.07, 6.45) is 1.32. The summed E-state index contributed by atoms with van der Waals surface area (Å²) in [5.41, 5.74) is 1.15. The van der Waals surface area contributed by atoms with Crippen molar-refractivity contribution >= 4 is 29.1 Å². The van der Waals surface area contributed by atoms with Crippen molar-refractivity contribution < 1.29 is 9.53 Å². The maximum absolute atomic E-state index is 11.6. The Balaban J connectivity index is 1.73. The van der Waals surface area contributed by atoms with Crippen LogP contribution in [0.2, 0.25) is 0 Å². The van der Waals surface area contributed by atoms with Crippen LogP contribution < -0.4 is 10.1 Å². The molecule has 0 saturated heterocycles. The summed E-state index contributed by atoms with van der Waals surface area (Å²) < 4.78 is 4.23. The molecular weight excluding hydrogens is 273 g/mol. The maximum atomic E-state index is 11.6. The van der Waals surface area contributed by atoms with Crippen molar-refractivity contribution in [2.24, 2.45) is 5.92 Å². The zero-order valence-electron chi connectivity index (χ0n) is 10.1. The van der Waals surface area contributed by atoms with Crippen molar-refractivity contribution in [3.8, 4) is 5.75 Å². The minimum Gasteiger partial charge on any atom is -0.497 e. The number of rotatable bonds is 5. The van der Waals surface area contributed by atoms with Gasteiger partial charge in [-0.2, -0.15) is 0 Å². The molecule has 0 aromatic heterocycles. The van der Waals surface area contributed by atoms with Gasteiger partial charge in [0.15, 0.2) is 0 Å². The van der Waals surface area contributed by atoms with E-state index in [2.05, 4.69) is 5.32 Å². The number of carbonyl (C=O) groups excluding carboxylic acids is 1. The van der Waals surface area contributed by atoms with Crippen LogP contribution >= 0.6 is 23.2 Å². The quantitative estimate of drug-likeness (QED) is 0.846. The van der Waals surface area contributed by atoms with E-state index >= 15 is 0 Å². The van der Waals surface area contributed by atoms with Gasteiger partial charge in [-0.3, -0.25) is 4.79 Å². The number of nitrogens with one attached hydrogen (secondary N) is 1. The Bertz CT molecular complexity index is 431. The predicted molar refractivity (Wildman–Crippen MR) is 72.3 cm³/mol. The van der Waals surface area contributed by atoms with Crippen LogP contribution in [-0.2, 0) is 11.2 Å². The maximum Gasteiger partial charge on any atom is 0.226 e. The van der Waals surface area contributed by atoms with Crippen molar-refractivity contribution in [1.29, 1.82) is 0 Å². The summed E-state index contributed by atoms with van der Waals surface area (Å²) in [4.78, 5) is 11.6. The second-order valence-electron chi connectivity index (χ2n) is 4.41. The third kappa shape index (κ3) is 3.30. The number of hydrogen-bond acceptors (Lipinski definition) is 2. The standard InChI is InChI=1S/C13H15Cl2NO2/c1-18-10-4-2-9(3-5-10)6-7-16-12(17)11-8-13(11,14)15/h2-5,11H,6-8H2,1H3,(H,16,17). The molecular formula is C13H15Cl2NO2. The van der Waals surface area contributed by atoms with Crippen molar-refractivity contribution in [2.75, 3.05) is 13.7 Å². The Morgan fingerprint density at radius 1 is 1.44 bits per heavy atom. The third-order valence-electron chi connectivity index (χ3n) is 3.01. The molecule has 18 heavy (non-hydrogen) atoms. The Morgan fingerprint density at radius 2 is 2.06 bits per heavy atom. The molecule has 1 aromatic rings. The summed E-state index contributed by atoms with van der Waals surface area (Å²) >= 11 is 11.6. The molecule has 98 valence electrons. The highest BCUT2D eigenvalue weighted by Gasteiger charge is 2.56. The van der Waals surface area contributed by atoms with Gasteiger partial charge in [0.2, 0.25) is 5.91 Å². The molecule has 1 aliphatic carbocycles. The van der Waals surface area contributed by atoms with Gasteiger partial charge in [-0.25, -0.2) is 0 Å². The van der Waals surface area contributed by atoms with Gasteiger partial charge in [0, 0.05) is 6.54 Å². The predicted octanol–water partition coefficient (Wildman–Crippen LogP) is 2.55. The third-order valence-corrected chi connectivity index (χ3v) is 3.85. The van der Waals surface area contributed by atoms with Crippen LogP contribution in [-0.4, -0.2) is 23.9 Å². The van der Waals surface area contributed by atoms with E-state index in [-0.39, 0.29) is 11.8 Å². The molecule has 0 spiro atoms. The number of benzene rings is 1. The van der Waals surface area contributed by atoms with Crippen LogP contribution in [0.15, 0.2) is 24.3 Å². The highest BCUT2D eigenvalue weighted by atomic mass is 35.5. The van der Waals surface area contributed by atoms with E-state index in [1.54, 1.807) is 7.11 Å². The number of amides is 1. The molecule has 3 nitrogen and oxygen atoms in total. The van der Waals surface area contributed by atoms with E-state index in [1.165, 1.54) is 0 Å². The zero-order valence-corrected chi connectivity index (χ0v) is 11.6. The number of alkyl halides is 2. The fraction of sp³-hybridized carbons (Fsp3) is 0.462. The summed E-state index contributed by atoms with van der Waals surface area (Å²) in [6, 6.07) is 7.77. The lowest BCUT2D eigenvalue weighted by Gasteiger charge is -2.06. The fourth-order valence-corrected chi connectivity index (χ4v) is 2.25. The molecule has 0 aliphatic heterocycles. The Hall–Kier alpha value is -0.930. The lowest BCUT2D eigenvalue weighted by Crippen LogP contribution is -2.28. The molecule has 0 heterocycles. The highest BCUT2D eigenvalue weighted by Crippen LogP contribution is 2.53. The van der Waals surface area contributed by atoms with Crippen LogP contribution in [0.5, 0.6) is 5.75 Å². The van der Waals surface area contributed by atoms with E-state index in [4.69, 9.17) is 27.9 Å². The first-order chi connectivity index (χ1) is 8.53. The molecule has 1 fully saturated rings. The molecule has 1 N–H and O–H groups in total. The van der Waals surface area contributed by atoms with Gasteiger partial charge >= 0.3 is 0 Å². The summed E-state index contributed by atoms with van der Waals surface area (Å²) in [7, 11) is 1.63. The monoisotopic (exact) mass is 287 g/mol. The number of methoxy groups -OCH3 is 1. The molecule has 1 aliphatic rings. The SMILES string of the molecule is COc1ccc(CCNC(=O)C2CC2(Cl)Cl)cc1. The van der Waals surface area contributed by atoms with Crippen LogP contribution in [0.1, 0.15) is 12.0 Å². The first-order valence-corrected chi connectivity index (χ1v) is 6.57. The Kier molecular flexibility index (Phi) is 4.03. The smallest absolute Gasteiger partial charge is 0.226 e. The summed E-state index contributed by atoms with van der Waals surface area (Å²) in [5, 5.41) is 2.84. The van der Waals surface area contributed by atoms with Crippen molar-refractivity contribution in [1.82, 2.24) is 5.32 Å². The van der Waals surface area contributed by atoms with Gasteiger partial charge in [0.25, 0.3) is 0 Å². The van der Waals surface area contributed by atoms with E-state index in [0.717, 1.165) is 17.7 Å². The molecule has 0 radical (unpaired) electrons. The fourth-order valence-electron chi connectivity index (χ4n) is 1.74. The highest BCUT2D eigenvalue weighted by molar-refractivity contribution is 6.52. The van der Waals surface area contributed by atoms with Gasteiger partial charge in [0.1, 0.15) is 10.1 Å². The first-order valence-electron chi connectivity index (χ1n) is 5.81. The van der Waals surface area contributed by atoms with Gasteiger partial charge < -0.3 is 10.1 Å². The lowest BCUT2D eigenvalue weighted by molar-refractivity contribution is -0.122. The van der Waals surface area contributed by atoms with Gasteiger partial charge in [-0.15, -0.1) is 23.2 Å². The summed E-state index contributed by atoms with van der Waals surface area (Å²) in [5.74, 6) is 0.514. The summed E-state index contributed by atoms with van der Waals surface area (Å²) in [6.45, 7) is 0.589. The molecule has 2 rings (SSSR count). The van der Waals surface area contributed by atoms with E-state index < -0.39 is 4.33 Å². The van der Waals surface area contributed by atoms with Crippen LogP contribution in [0.3, 0.4) is 0 Å². The van der Waals surface area contributed by atoms with Gasteiger partial charge in [-0.1, -0.05) is 12.1 Å². The largest absolute Gasteiger partial charge is 0.497 e. The van der Waals surface area contributed by atoms with Crippen LogP contribution in [0.4, 0.5) is 0 Å². The molecule has 0 bridgehead atoms. The molecule has 1 unspecified atom stereocenters. The first kappa shape index (κ1) is 13.5. The second-order valence-corrected chi connectivity index (χ2v) is 5.95. The lowest BCUT2D eigenvalue weighted by atomic mass is 10.1. The topological polar surface area (TPSA) is 38.3 Å². The van der Waals surface area contributed by atoms with Crippen molar-refractivity contribution in [2.45, 2.75) is 17.2 Å². The number of halogens is 2. The van der Waals surface area contributed by atoms with Gasteiger partial charge in [-0.05, 0) is 30.5 Å². The zero-order chi connectivity index (χ0) is 13.2. The van der Waals surface area contributed by atoms with Crippen LogP contribution in [0, 0.1) is 5.92 Å². The number of ether oxygens (including phenoxy) is 1.